The van der Waals surface area contributed by atoms with E-state index in [0.29, 0.717) is 6.04 Å². The van der Waals surface area contributed by atoms with Gasteiger partial charge in [0.15, 0.2) is 0 Å². The predicted octanol–water partition coefficient (Wildman–Crippen LogP) is 2.91. The minimum absolute atomic E-state index is 0.591. The quantitative estimate of drug-likeness (QED) is 0.941. The fraction of sp³-hybridized carbons (Fsp3) is 0.438. The van der Waals surface area contributed by atoms with E-state index in [1.165, 1.54) is 16.0 Å². The van der Waals surface area contributed by atoms with Crippen LogP contribution in [-0.4, -0.2) is 35.6 Å². The van der Waals surface area contributed by atoms with Crippen LogP contribution in [-0.2, 0) is 6.54 Å². The third-order valence-corrected chi connectivity index (χ3v) is 4.72. The zero-order valence-electron chi connectivity index (χ0n) is 12.1. The number of hydrogen-bond donors (Lipinski definition) is 1. The minimum Gasteiger partial charge on any atom is -0.312 e. The largest absolute Gasteiger partial charge is 0.312 e. The highest BCUT2D eigenvalue weighted by atomic mass is 32.1. The van der Waals surface area contributed by atoms with Crippen molar-refractivity contribution < 1.29 is 0 Å². The summed E-state index contributed by atoms with van der Waals surface area (Å²) in [5.74, 6) is 0. The topological polar surface area (TPSA) is 28.2 Å². The van der Waals surface area contributed by atoms with Gasteiger partial charge >= 0.3 is 0 Å². The molecule has 2 aromatic rings. The molecule has 4 heteroatoms. The van der Waals surface area contributed by atoms with Crippen molar-refractivity contribution in [3.05, 3.63) is 40.9 Å². The number of aromatic nitrogens is 1. The van der Waals surface area contributed by atoms with Crippen LogP contribution < -0.4 is 5.32 Å². The Morgan fingerprint density at radius 1 is 1.35 bits per heavy atom. The summed E-state index contributed by atoms with van der Waals surface area (Å²) in [5, 5.41) is 4.61. The second kappa shape index (κ2) is 6.04. The molecule has 1 atom stereocenters. The number of thiazole rings is 1. The van der Waals surface area contributed by atoms with Gasteiger partial charge in [0.25, 0.3) is 0 Å². The molecule has 2 heterocycles. The van der Waals surface area contributed by atoms with E-state index in [4.69, 9.17) is 0 Å². The number of benzene rings is 1. The fourth-order valence-corrected chi connectivity index (χ4v) is 3.55. The summed E-state index contributed by atoms with van der Waals surface area (Å²) < 4.78 is 0. The van der Waals surface area contributed by atoms with Crippen molar-refractivity contribution in [1.82, 2.24) is 15.2 Å². The average Bonchev–Trinajstić information content (AvgIpc) is 2.88. The van der Waals surface area contributed by atoms with Gasteiger partial charge in [0.2, 0.25) is 0 Å². The number of hydrogen-bond acceptors (Lipinski definition) is 4. The number of piperazine rings is 1. The Hall–Kier alpha value is -1.23. The van der Waals surface area contributed by atoms with Crippen molar-refractivity contribution in [1.29, 1.82) is 0 Å². The Labute approximate surface area is 124 Å². The SMILES string of the molecule is Cc1ccc(-c2ncc(CN3CCN[C@@H](C)C3)s2)cc1. The van der Waals surface area contributed by atoms with Gasteiger partial charge in [-0.1, -0.05) is 29.8 Å². The van der Waals surface area contributed by atoms with Gasteiger partial charge in [-0.3, -0.25) is 4.90 Å². The molecule has 0 aliphatic carbocycles. The summed E-state index contributed by atoms with van der Waals surface area (Å²) in [7, 11) is 0. The number of nitrogens with zero attached hydrogens (tertiary/aromatic N) is 2. The summed E-state index contributed by atoms with van der Waals surface area (Å²) in [5.41, 5.74) is 2.51. The van der Waals surface area contributed by atoms with Crippen LogP contribution in [0.25, 0.3) is 10.6 Å². The molecule has 0 saturated carbocycles. The molecule has 0 bridgehead atoms. The highest BCUT2D eigenvalue weighted by molar-refractivity contribution is 7.15. The molecule has 0 spiro atoms. The zero-order chi connectivity index (χ0) is 13.9. The van der Waals surface area contributed by atoms with Crippen LogP contribution in [0.1, 0.15) is 17.4 Å². The standard InChI is InChI=1S/C16H21N3S/c1-12-3-5-14(6-4-12)16-18-9-15(20-16)11-19-8-7-17-13(2)10-19/h3-6,9,13,17H,7-8,10-11H2,1-2H3/t13-/m0/s1. The first-order valence-corrected chi connectivity index (χ1v) is 8.00. The van der Waals surface area contributed by atoms with E-state index in [1.54, 1.807) is 0 Å². The van der Waals surface area contributed by atoms with Gasteiger partial charge in [0, 0.05) is 48.9 Å². The molecule has 0 radical (unpaired) electrons. The summed E-state index contributed by atoms with van der Waals surface area (Å²) in [6.45, 7) is 8.72. The molecule has 1 aromatic carbocycles. The van der Waals surface area contributed by atoms with Gasteiger partial charge in [0.05, 0.1) is 0 Å². The molecule has 1 N–H and O–H groups in total. The van der Waals surface area contributed by atoms with Crippen molar-refractivity contribution in [3.8, 4) is 10.6 Å². The first kappa shape index (κ1) is 13.7. The second-order valence-corrected chi connectivity index (χ2v) is 6.70. The maximum atomic E-state index is 4.58. The van der Waals surface area contributed by atoms with Crippen LogP contribution in [0, 0.1) is 6.92 Å². The van der Waals surface area contributed by atoms with Crippen LogP contribution >= 0.6 is 11.3 Å². The van der Waals surface area contributed by atoms with E-state index in [2.05, 4.69) is 53.3 Å². The Morgan fingerprint density at radius 3 is 2.90 bits per heavy atom. The lowest BCUT2D eigenvalue weighted by Crippen LogP contribution is -2.48. The van der Waals surface area contributed by atoms with E-state index in [-0.39, 0.29) is 0 Å². The van der Waals surface area contributed by atoms with Crippen molar-refractivity contribution >= 4 is 11.3 Å². The third kappa shape index (κ3) is 3.26. The summed E-state index contributed by atoms with van der Waals surface area (Å²) >= 11 is 1.81. The molecule has 3 nitrogen and oxygen atoms in total. The molecule has 1 aliphatic heterocycles. The van der Waals surface area contributed by atoms with Gasteiger partial charge in [-0.15, -0.1) is 11.3 Å². The highest BCUT2D eigenvalue weighted by Gasteiger charge is 2.16. The van der Waals surface area contributed by atoms with Crippen molar-refractivity contribution in [2.24, 2.45) is 0 Å². The van der Waals surface area contributed by atoms with Crippen LogP contribution in [0.4, 0.5) is 0 Å². The van der Waals surface area contributed by atoms with Gasteiger partial charge < -0.3 is 5.32 Å². The number of aryl methyl sites for hydroxylation is 1. The van der Waals surface area contributed by atoms with Gasteiger partial charge in [-0.2, -0.15) is 0 Å². The van der Waals surface area contributed by atoms with E-state index in [1.807, 2.05) is 17.5 Å². The van der Waals surface area contributed by atoms with Crippen molar-refractivity contribution in [3.63, 3.8) is 0 Å². The highest BCUT2D eigenvalue weighted by Crippen LogP contribution is 2.26. The van der Waals surface area contributed by atoms with Crippen LogP contribution in [0.2, 0.25) is 0 Å². The lowest BCUT2D eigenvalue weighted by molar-refractivity contribution is 0.201. The van der Waals surface area contributed by atoms with Gasteiger partial charge in [0.1, 0.15) is 5.01 Å². The first-order valence-electron chi connectivity index (χ1n) is 7.18. The molecule has 1 fully saturated rings. The monoisotopic (exact) mass is 287 g/mol. The predicted molar refractivity (Wildman–Crippen MR) is 85.0 cm³/mol. The summed E-state index contributed by atoms with van der Waals surface area (Å²) in [6, 6.07) is 9.20. The molecular formula is C16H21N3S. The van der Waals surface area contributed by atoms with Gasteiger partial charge in [-0.25, -0.2) is 4.98 Å². The zero-order valence-corrected chi connectivity index (χ0v) is 12.9. The molecule has 1 aromatic heterocycles. The van der Waals surface area contributed by atoms with E-state index in [9.17, 15) is 0 Å². The third-order valence-electron chi connectivity index (χ3n) is 3.68. The molecule has 1 saturated heterocycles. The number of nitrogens with one attached hydrogen (secondary N) is 1. The minimum atomic E-state index is 0.591. The normalized spacial score (nSPS) is 20.2. The molecule has 106 valence electrons. The maximum absolute atomic E-state index is 4.58. The first-order chi connectivity index (χ1) is 9.70. The average molecular weight is 287 g/mol. The summed E-state index contributed by atoms with van der Waals surface area (Å²) in [6.07, 6.45) is 2.03. The van der Waals surface area contributed by atoms with E-state index < -0.39 is 0 Å². The fourth-order valence-electron chi connectivity index (χ4n) is 2.59. The van der Waals surface area contributed by atoms with Crippen LogP contribution in [0.5, 0.6) is 0 Å². The Bertz CT molecular complexity index is 561. The molecular weight excluding hydrogens is 266 g/mol. The molecule has 0 unspecified atom stereocenters. The lowest BCUT2D eigenvalue weighted by atomic mass is 10.2. The van der Waals surface area contributed by atoms with E-state index >= 15 is 0 Å². The van der Waals surface area contributed by atoms with Crippen molar-refractivity contribution in [2.45, 2.75) is 26.4 Å². The van der Waals surface area contributed by atoms with Crippen LogP contribution in [0.15, 0.2) is 30.5 Å². The molecule has 1 aliphatic rings. The molecule has 3 rings (SSSR count). The maximum Gasteiger partial charge on any atom is 0.123 e. The van der Waals surface area contributed by atoms with Crippen molar-refractivity contribution in [2.75, 3.05) is 19.6 Å². The molecule has 0 amide bonds. The number of rotatable bonds is 3. The second-order valence-electron chi connectivity index (χ2n) is 5.59. The van der Waals surface area contributed by atoms with Crippen LogP contribution in [0.3, 0.4) is 0 Å². The molecule has 20 heavy (non-hydrogen) atoms. The smallest absolute Gasteiger partial charge is 0.123 e. The Balaban J connectivity index is 1.69. The van der Waals surface area contributed by atoms with Gasteiger partial charge in [-0.05, 0) is 13.8 Å². The summed E-state index contributed by atoms with van der Waals surface area (Å²) in [4.78, 5) is 8.44. The lowest BCUT2D eigenvalue weighted by Gasteiger charge is -2.31. The Morgan fingerprint density at radius 2 is 2.15 bits per heavy atom. The van der Waals surface area contributed by atoms with E-state index in [0.717, 1.165) is 31.2 Å². The Kier molecular flexibility index (Phi) is 4.15.